The Kier molecular flexibility index (Phi) is 6.30. The standard InChI is InChI=1S/C18H19N2O2.Co/c1-11-3-5-17(21)13(7-11)9-15(19)16(20)10-14-8-12(2)4-6-18(14)22;/h3-10,19,21-22H,20H2,1-2H3;/q-1;. The van der Waals surface area contributed by atoms with Crippen molar-refractivity contribution < 1.29 is 27.0 Å². The summed E-state index contributed by atoms with van der Waals surface area (Å²) >= 11 is 0. The van der Waals surface area contributed by atoms with Crippen LogP contribution in [0.15, 0.2) is 47.8 Å². The maximum atomic E-state index is 9.82. The van der Waals surface area contributed by atoms with Crippen LogP contribution in [0.4, 0.5) is 0 Å². The van der Waals surface area contributed by atoms with Crippen LogP contribution in [0, 0.1) is 13.8 Å². The Balaban J connectivity index is 0.00000264. The molecule has 0 saturated heterocycles. The van der Waals surface area contributed by atoms with Crippen LogP contribution in [-0.2, 0) is 16.8 Å². The van der Waals surface area contributed by atoms with Gasteiger partial charge in [-0.25, -0.2) is 0 Å². The summed E-state index contributed by atoms with van der Waals surface area (Å²) in [6.45, 7) is 3.82. The molecule has 2 aromatic rings. The van der Waals surface area contributed by atoms with Gasteiger partial charge in [-0.2, -0.15) is 0 Å². The van der Waals surface area contributed by atoms with Gasteiger partial charge in [0.2, 0.25) is 0 Å². The molecule has 123 valence electrons. The van der Waals surface area contributed by atoms with Crippen molar-refractivity contribution in [1.29, 1.82) is 0 Å². The smallest absolute Gasteiger partial charge is 0.122 e. The third-order valence-corrected chi connectivity index (χ3v) is 3.29. The first-order valence-electron chi connectivity index (χ1n) is 6.87. The second-order valence-electron chi connectivity index (χ2n) is 5.28. The molecule has 0 fully saturated rings. The molecule has 0 amide bonds. The van der Waals surface area contributed by atoms with Gasteiger partial charge >= 0.3 is 0 Å². The van der Waals surface area contributed by atoms with E-state index in [1.54, 1.807) is 42.5 Å². The normalized spacial score (nSPS) is 11.9. The van der Waals surface area contributed by atoms with E-state index in [9.17, 15) is 10.2 Å². The minimum atomic E-state index is 0. The molecule has 0 heterocycles. The molecule has 0 bridgehead atoms. The predicted molar refractivity (Wildman–Crippen MR) is 90.2 cm³/mol. The van der Waals surface area contributed by atoms with Gasteiger partial charge in [0, 0.05) is 33.6 Å². The Morgan fingerprint density at radius 2 is 1.35 bits per heavy atom. The third kappa shape index (κ3) is 4.80. The number of nitrogens with two attached hydrogens (primary N) is 1. The number of aryl methyl sites for hydroxylation is 2. The van der Waals surface area contributed by atoms with Crippen molar-refractivity contribution in [3.8, 4) is 11.5 Å². The van der Waals surface area contributed by atoms with Gasteiger partial charge in [-0.3, -0.25) is 0 Å². The molecule has 2 rings (SSSR count). The fraction of sp³-hybridized carbons (Fsp3) is 0.111. The molecule has 0 aliphatic carbocycles. The van der Waals surface area contributed by atoms with Crippen LogP contribution in [0.25, 0.3) is 17.9 Å². The van der Waals surface area contributed by atoms with Gasteiger partial charge in [-0.15, -0.1) is 5.70 Å². The number of aromatic hydroxyl groups is 2. The third-order valence-electron chi connectivity index (χ3n) is 3.29. The molecule has 0 aromatic heterocycles. The molecule has 0 unspecified atom stereocenters. The Morgan fingerprint density at radius 3 is 1.83 bits per heavy atom. The van der Waals surface area contributed by atoms with Crippen LogP contribution in [0.3, 0.4) is 0 Å². The van der Waals surface area contributed by atoms with E-state index in [0.29, 0.717) is 11.1 Å². The number of phenolic OH excluding ortho intramolecular Hbond substituents is 2. The van der Waals surface area contributed by atoms with Gasteiger partial charge < -0.3 is 21.7 Å². The van der Waals surface area contributed by atoms with Gasteiger partial charge in [0.1, 0.15) is 11.5 Å². The zero-order valence-electron chi connectivity index (χ0n) is 12.9. The summed E-state index contributed by atoms with van der Waals surface area (Å²) in [4.78, 5) is 0. The summed E-state index contributed by atoms with van der Waals surface area (Å²) in [6, 6.07) is 10.3. The van der Waals surface area contributed by atoms with Gasteiger partial charge in [-0.05, 0) is 44.2 Å². The summed E-state index contributed by atoms with van der Waals surface area (Å²) < 4.78 is 0. The quantitative estimate of drug-likeness (QED) is 0.725. The van der Waals surface area contributed by atoms with Crippen LogP contribution in [0.5, 0.6) is 11.5 Å². The molecule has 0 spiro atoms. The van der Waals surface area contributed by atoms with E-state index in [1.807, 2.05) is 13.8 Å². The van der Waals surface area contributed by atoms with Crippen molar-refractivity contribution in [1.82, 2.24) is 0 Å². The topological polar surface area (TPSA) is 90.3 Å². The molecule has 4 nitrogen and oxygen atoms in total. The fourth-order valence-electron chi connectivity index (χ4n) is 2.06. The van der Waals surface area contributed by atoms with Crippen LogP contribution < -0.4 is 5.73 Å². The van der Waals surface area contributed by atoms with Crippen LogP contribution in [0.2, 0.25) is 0 Å². The molecular formula is C18H19CoN2O2-. The number of hydrogen-bond acceptors (Lipinski definition) is 3. The second-order valence-corrected chi connectivity index (χ2v) is 5.28. The summed E-state index contributed by atoms with van der Waals surface area (Å²) in [5.74, 6) is 0.210. The molecule has 2 aromatic carbocycles. The Bertz CT molecular complexity index is 702. The number of benzene rings is 2. The van der Waals surface area contributed by atoms with Gasteiger partial charge in [0.25, 0.3) is 0 Å². The number of rotatable bonds is 3. The Labute approximate surface area is 146 Å². The molecule has 5 N–H and O–H groups in total. The van der Waals surface area contributed by atoms with E-state index in [-0.39, 0.29) is 39.7 Å². The average molecular weight is 354 g/mol. The van der Waals surface area contributed by atoms with Crippen molar-refractivity contribution in [3.63, 3.8) is 0 Å². The second kappa shape index (κ2) is 7.76. The number of phenols is 2. The molecule has 0 aliphatic heterocycles. The van der Waals surface area contributed by atoms with E-state index >= 15 is 0 Å². The molecule has 0 aliphatic rings. The summed E-state index contributed by atoms with van der Waals surface area (Å²) in [5.41, 5.74) is 17.3. The molecule has 5 heteroatoms. The average Bonchev–Trinajstić information content (AvgIpc) is 2.46. The van der Waals surface area contributed by atoms with Crippen LogP contribution >= 0.6 is 0 Å². The molecule has 1 radical (unpaired) electrons. The van der Waals surface area contributed by atoms with Crippen molar-refractivity contribution in [3.05, 3.63) is 75.8 Å². The molecule has 0 atom stereocenters. The monoisotopic (exact) mass is 354 g/mol. The fourth-order valence-corrected chi connectivity index (χ4v) is 2.06. The first-order chi connectivity index (χ1) is 10.4. The van der Waals surface area contributed by atoms with Crippen LogP contribution in [0.1, 0.15) is 22.3 Å². The van der Waals surface area contributed by atoms with E-state index in [4.69, 9.17) is 11.5 Å². The summed E-state index contributed by atoms with van der Waals surface area (Å²) in [5, 5.41) is 19.6. The van der Waals surface area contributed by atoms with E-state index in [1.165, 1.54) is 6.08 Å². The zero-order chi connectivity index (χ0) is 16.3. The van der Waals surface area contributed by atoms with E-state index < -0.39 is 0 Å². The largest absolute Gasteiger partial charge is 0.697 e. The van der Waals surface area contributed by atoms with Crippen molar-refractivity contribution in [2.45, 2.75) is 13.8 Å². The number of nitrogens with one attached hydrogen (secondary N) is 1. The van der Waals surface area contributed by atoms with E-state index in [2.05, 4.69) is 0 Å². The number of hydrogen-bond donors (Lipinski definition) is 3. The SMILES string of the molecule is Cc1ccc(O)c(C=C([NH-])C(N)=Cc2cc(C)ccc2O)c1.[Co]. The first-order valence-corrected chi connectivity index (χ1v) is 6.87. The molecule has 0 saturated carbocycles. The molecule has 23 heavy (non-hydrogen) atoms. The van der Waals surface area contributed by atoms with E-state index in [0.717, 1.165) is 11.1 Å². The summed E-state index contributed by atoms with van der Waals surface area (Å²) in [6.07, 6.45) is 3.05. The Hall–Kier alpha value is -2.37. The zero-order valence-corrected chi connectivity index (χ0v) is 14.0. The minimum absolute atomic E-state index is 0. The maximum absolute atomic E-state index is 9.82. The van der Waals surface area contributed by atoms with Gasteiger partial charge in [0.15, 0.2) is 0 Å². The predicted octanol–water partition coefficient (Wildman–Crippen LogP) is 4.11. The van der Waals surface area contributed by atoms with Crippen molar-refractivity contribution in [2.24, 2.45) is 5.73 Å². The van der Waals surface area contributed by atoms with Crippen LogP contribution in [-0.4, -0.2) is 10.2 Å². The van der Waals surface area contributed by atoms with Crippen molar-refractivity contribution in [2.75, 3.05) is 0 Å². The first kappa shape index (κ1) is 18.7. The van der Waals surface area contributed by atoms with Gasteiger partial charge in [0.05, 0.1) is 0 Å². The minimum Gasteiger partial charge on any atom is -0.697 e. The summed E-state index contributed by atoms with van der Waals surface area (Å²) in [7, 11) is 0. The van der Waals surface area contributed by atoms with Crippen molar-refractivity contribution >= 4 is 12.2 Å². The maximum Gasteiger partial charge on any atom is 0.122 e. The Morgan fingerprint density at radius 1 is 0.913 bits per heavy atom. The molecular weight excluding hydrogens is 335 g/mol. The van der Waals surface area contributed by atoms with Gasteiger partial charge in [-0.1, -0.05) is 29.3 Å².